The van der Waals surface area contributed by atoms with E-state index in [4.69, 9.17) is 10.8 Å². The largest absolute Gasteiger partial charge is 0.395 e. The molecule has 0 aromatic heterocycles. The molecule has 94 valence electrons. The van der Waals surface area contributed by atoms with Gasteiger partial charge in [0.25, 0.3) is 0 Å². The van der Waals surface area contributed by atoms with Gasteiger partial charge in [0, 0.05) is 19.5 Å². The second-order valence-corrected chi connectivity index (χ2v) is 6.14. The van der Waals surface area contributed by atoms with Gasteiger partial charge in [-0.2, -0.15) is 0 Å². The van der Waals surface area contributed by atoms with E-state index in [-0.39, 0.29) is 24.2 Å². The number of aliphatic hydroxyl groups is 1. The lowest BCUT2D eigenvalue weighted by Crippen LogP contribution is -2.40. The van der Waals surface area contributed by atoms with E-state index < -0.39 is 10.0 Å². The van der Waals surface area contributed by atoms with Crippen LogP contribution in [0.15, 0.2) is 0 Å². The van der Waals surface area contributed by atoms with Gasteiger partial charge in [0.05, 0.1) is 12.4 Å². The van der Waals surface area contributed by atoms with Crippen molar-refractivity contribution in [3.05, 3.63) is 0 Å². The number of hydrogen-bond donors (Lipinski definition) is 2. The molecule has 1 amide bonds. The minimum Gasteiger partial charge on any atom is -0.395 e. The van der Waals surface area contributed by atoms with Crippen molar-refractivity contribution in [2.24, 2.45) is 11.7 Å². The molecule has 3 N–H and O–H groups in total. The predicted molar refractivity (Wildman–Crippen MR) is 59.0 cm³/mol. The Morgan fingerprint density at radius 2 is 1.94 bits per heavy atom. The third-order valence-corrected chi connectivity index (χ3v) is 4.66. The Kier molecular flexibility index (Phi) is 4.69. The zero-order valence-electron chi connectivity index (χ0n) is 9.13. The number of primary amides is 1. The van der Waals surface area contributed by atoms with Crippen LogP contribution in [0.1, 0.15) is 19.3 Å². The molecule has 7 heteroatoms. The molecule has 0 radical (unpaired) electrons. The summed E-state index contributed by atoms with van der Waals surface area (Å²) in [7, 11) is -3.32. The molecule has 0 aromatic rings. The van der Waals surface area contributed by atoms with Gasteiger partial charge in [0.1, 0.15) is 0 Å². The molecule has 0 aromatic carbocycles. The lowest BCUT2D eigenvalue weighted by molar-refractivity contribution is -0.119. The molecule has 1 rings (SSSR count). The molecule has 0 unspecified atom stereocenters. The van der Waals surface area contributed by atoms with Crippen LogP contribution in [0.4, 0.5) is 0 Å². The van der Waals surface area contributed by atoms with E-state index in [2.05, 4.69) is 0 Å². The van der Waals surface area contributed by atoms with E-state index in [1.807, 2.05) is 0 Å². The molecular formula is C9H18N2O4S. The highest BCUT2D eigenvalue weighted by Crippen LogP contribution is 2.22. The maximum atomic E-state index is 11.6. The summed E-state index contributed by atoms with van der Waals surface area (Å²) in [6.45, 7) is 0.476. The Morgan fingerprint density at radius 3 is 2.38 bits per heavy atom. The maximum Gasteiger partial charge on any atom is 0.217 e. The van der Waals surface area contributed by atoms with Crippen LogP contribution in [0, 0.1) is 5.92 Å². The first-order valence-electron chi connectivity index (χ1n) is 5.32. The number of amides is 1. The highest BCUT2D eigenvalue weighted by Gasteiger charge is 2.27. The Morgan fingerprint density at radius 1 is 1.38 bits per heavy atom. The number of rotatable bonds is 5. The minimum absolute atomic E-state index is 0.193. The second-order valence-electron chi connectivity index (χ2n) is 4.05. The molecule has 1 aliphatic heterocycles. The van der Waals surface area contributed by atoms with Crippen molar-refractivity contribution in [2.75, 3.05) is 25.4 Å². The average molecular weight is 250 g/mol. The van der Waals surface area contributed by atoms with Gasteiger partial charge in [-0.05, 0) is 18.8 Å². The van der Waals surface area contributed by atoms with Crippen molar-refractivity contribution in [3.8, 4) is 0 Å². The van der Waals surface area contributed by atoms with Gasteiger partial charge in [0.2, 0.25) is 15.9 Å². The molecule has 1 saturated heterocycles. The van der Waals surface area contributed by atoms with Crippen LogP contribution in [0.3, 0.4) is 0 Å². The third-order valence-electron chi connectivity index (χ3n) is 2.81. The van der Waals surface area contributed by atoms with Crippen molar-refractivity contribution in [1.29, 1.82) is 0 Å². The summed E-state index contributed by atoms with van der Waals surface area (Å²) < 4.78 is 24.6. The van der Waals surface area contributed by atoms with Crippen molar-refractivity contribution >= 4 is 15.9 Å². The normalized spacial score (nSPS) is 19.8. The van der Waals surface area contributed by atoms with E-state index in [0.29, 0.717) is 32.4 Å². The number of piperidine rings is 1. The molecule has 0 bridgehead atoms. The summed E-state index contributed by atoms with van der Waals surface area (Å²) in [5.41, 5.74) is 5.09. The number of aliphatic hydroxyl groups excluding tert-OH is 1. The van der Waals surface area contributed by atoms with Crippen LogP contribution in [0.25, 0.3) is 0 Å². The van der Waals surface area contributed by atoms with E-state index in [1.54, 1.807) is 0 Å². The quantitative estimate of drug-likeness (QED) is 0.646. The van der Waals surface area contributed by atoms with Gasteiger partial charge in [-0.1, -0.05) is 0 Å². The zero-order valence-corrected chi connectivity index (χ0v) is 9.95. The van der Waals surface area contributed by atoms with E-state index in [0.717, 1.165) is 0 Å². The van der Waals surface area contributed by atoms with Crippen LogP contribution in [-0.4, -0.2) is 49.2 Å². The highest BCUT2D eigenvalue weighted by molar-refractivity contribution is 7.89. The number of carbonyl (C=O) groups excluding carboxylic acids is 1. The second kappa shape index (κ2) is 5.60. The van der Waals surface area contributed by atoms with Crippen molar-refractivity contribution in [1.82, 2.24) is 4.31 Å². The summed E-state index contributed by atoms with van der Waals surface area (Å²) >= 11 is 0. The van der Waals surface area contributed by atoms with Crippen molar-refractivity contribution in [3.63, 3.8) is 0 Å². The van der Waals surface area contributed by atoms with Crippen LogP contribution >= 0.6 is 0 Å². The van der Waals surface area contributed by atoms with Gasteiger partial charge in [-0.25, -0.2) is 12.7 Å². The van der Waals surface area contributed by atoms with Crippen molar-refractivity contribution < 1.29 is 18.3 Å². The lowest BCUT2D eigenvalue weighted by atomic mass is 9.94. The number of carbonyl (C=O) groups is 1. The number of nitrogens with two attached hydrogens (primary N) is 1. The predicted octanol–water partition coefficient (Wildman–Crippen LogP) is -1.10. The van der Waals surface area contributed by atoms with Gasteiger partial charge >= 0.3 is 0 Å². The van der Waals surface area contributed by atoms with Crippen LogP contribution < -0.4 is 5.73 Å². The fourth-order valence-electron chi connectivity index (χ4n) is 1.92. The van der Waals surface area contributed by atoms with Gasteiger partial charge in [-0.3, -0.25) is 4.79 Å². The van der Waals surface area contributed by atoms with Gasteiger partial charge in [-0.15, -0.1) is 0 Å². The van der Waals surface area contributed by atoms with Gasteiger partial charge < -0.3 is 10.8 Å². The molecule has 0 spiro atoms. The minimum atomic E-state index is -3.32. The van der Waals surface area contributed by atoms with E-state index in [1.165, 1.54) is 4.31 Å². The summed E-state index contributed by atoms with van der Waals surface area (Å²) in [4.78, 5) is 10.7. The highest BCUT2D eigenvalue weighted by atomic mass is 32.2. The number of hydrogen-bond acceptors (Lipinski definition) is 4. The van der Waals surface area contributed by atoms with E-state index >= 15 is 0 Å². The monoisotopic (exact) mass is 250 g/mol. The average Bonchev–Trinajstić information content (AvgIpc) is 2.17. The third kappa shape index (κ3) is 3.73. The SMILES string of the molecule is NC(=O)CC1CCN(S(=O)(=O)CCO)CC1. The molecule has 1 aliphatic rings. The Bertz CT molecular complexity index is 333. The molecule has 1 heterocycles. The van der Waals surface area contributed by atoms with Crippen LogP contribution in [0.5, 0.6) is 0 Å². The van der Waals surface area contributed by atoms with Crippen LogP contribution in [-0.2, 0) is 14.8 Å². The molecule has 0 atom stereocenters. The molecule has 0 aliphatic carbocycles. The summed E-state index contributed by atoms with van der Waals surface area (Å²) in [5, 5.41) is 8.64. The fraction of sp³-hybridized carbons (Fsp3) is 0.889. The first-order chi connectivity index (χ1) is 7.45. The first-order valence-corrected chi connectivity index (χ1v) is 6.93. The Labute approximate surface area is 95.5 Å². The first kappa shape index (κ1) is 13.4. The van der Waals surface area contributed by atoms with Gasteiger partial charge in [0.15, 0.2) is 0 Å². The number of nitrogens with zero attached hydrogens (tertiary/aromatic N) is 1. The Balaban J connectivity index is 2.46. The summed E-state index contributed by atoms with van der Waals surface area (Å²) in [5.74, 6) is -0.372. The molecule has 0 saturated carbocycles. The fourth-order valence-corrected chi connectivity index (χ4v) is 3.18. The summed E-state index contributed by atoms with van der Waals surface area (Å²) in [6, 6.07) is 0. The topological polar surface area (TPSA) is 101 Å². The number of sulfonamides is 1. The lowest BCUT2D eigenvalue weighted by Gasteiger charge is -2.30. The van der Waals surface area contributed by atoms with E-state index in [9.17, 15) is 13.2 Å². The Hall–Kier alpha value is -0.660. The molecule has 1 fully saturated rings. The molecule has 16 heavy (non-hydrogen) atoms. The molecular weight excluding hydrogens is 232 g/mol. The standard InChI is InChI=1S/C9H18N2O4S/c10-9(13)7-8-1-3-11(4-2-8)16(14,15)6-5-12/h8,12H,1-7H2,(H2,10,13). The van der Waals surface area contributed by atoms with Crippen LogP contribution in [0.2, 0.25) is 0 Å². The molecule has 6 nitrogen and oxygen atoms in total. The zero-order chi connectivity index (χ0) is 12.2. The summed E-state index contributed by atoms with van der Waals surface area (Å²) in [6.07, 6.45) is 1.65. The van der Waals surface area contributed by atoms with Crippen molar-refractivity contribution in [2.45, 2.75) is 19.3 Å². The maximum absolute atomic E-state index is 11.6. The smallest absolute Gasteiger partial charge is 0.217 e.